The Bertz CT molecular complexity index is 446. The Balaban J connectivity index is 1.94. The highest BCUT2D eigenvalue weighted by molar-refractivity contribution is 5.95. The van der Waals surface area contributed by atoms with E-state index in [1.54, 1.807) is 0 Å². The van der Waals surface area contributed by atoms with Gasteiger partial charge in [-0.1, -0.05) is 12.5 Å². The van der Waals surface area contributed by atoms with Crippen LogP contribution < -0.4 is 10.2 Å². The number of nitrogens with zero attached hydrogens (tertiary/aromatic N) is 1. The first-order chi connectivity index (χ1) is 9.08. The number of rotatable bonds is 4. The Labute approximate surface area is 114 Å². The predicted molar refractivity (Wildman–Crippen MR) is 76.5 cm³/mol. The molecular weight excluding hydrogens is 240 g/mol. The van der Waals surface area contributed by atoms with E-state index in [1.807, 2.05) is 43.3 Å². The molecule has 1 aromatic rings. The maximum Gasteiger partial charge on any atom is 0.251 e. The smallest absolute Gasteiger partial charge is 0.251 e. The SMILES string of the molecule is CN(C)c1cccc(C(=O)NCC2CCCC2O)c1. The van der Waals surface area contributed by atoms with Crippen LogP contribution in [-0.4, -0.2) is 37.8 Å². The lowest BCUT2D eigenvalue weighted by molar-refractivity contribution is 0.0917. The van der Waals surface area contributed by atoms with Gasteiger partial charge in [-0.3, -0.25) is 4.79 Å². The van der Waals surface area contributed by atoms with Crippen molar-refractivity contribution >= 4 is 11.6 Å². The molecule has 1 fully saturated rings. The normalized spacial score (nSPS) is 22.3. The number of aliphatic hydroxyl groups is 1. The van der Waals surface area contributed by atoms with Crippen molar-refractivity contribution in [1.82, 2.24) is 5.32 Å². The number of benzene rings is 1. The van der Waals surface area contributed by atoms with Crippen LogP contribution in [0.15, 0.2) is 24.3 Å². The zero-order valence-electron chi connectivity index (χ0n) is 11.6. The fourth-order valence-electron chi connectivity index (χ4n) is 2.51. The molecule has 2 unspecified atom stereocenters. The highest BCUT2D eigenvalue weighted by Crippen LogP contribution is 2.24. The molecule has 0 radical (unpaired) electrons. The highest BCUT2D eigenvalue weighted by Gasteiger charge is 2.25. The zero-order chi connectivity index (χ0) is 13.8. The molecule has 0 bridgehead atoms. The van der Waals surface area contributed by atoms with Crippen LogP contribution in [-0.2, 0) is 0 Å². The molecule has 0 aliphatic heterocycles. The molecule has 1 aliphatic carbocycles. The fourth-order valence-corrected chi connectivity index (χ4v) is 2.51. The van der Waals surface area contributed by atoms with Crippen LogP contribution in [0.2, 0.25) is 0 Å². The number of carbonyl (C=O) groups excluding carboxylic acids is 1. The van der Waals surface area contributed by atoms with Crippen molar-refractivity contribution in [3.05, 3.63) is 29.8 Å². The van der Waals surface area contributed by atoms with Gasteiger partial charge in [-0.15, -0.1) is 0 Å². The first-order valence-corrected chi connectivity index (χ1v) is 6.81. The summed E-state index contributed by atoms with van der Waals surface area (Å²) in [5, 5.41) is 12.7. The molecule has 19 heavy (non-hydrogen) atoms. The quantitative estimate of drug-likeness (QED) is 0.867. The molecule has 104 valence electrons. The number of carbonyl (C=O) groups is 1. The standard InChI is InChI=1S/C15H22N2O2/c1-17(2)13-7-3-5-11(9-13)15(19)16-10-12-6-4-8-14(12)18/h3,5,7,9,12,14,18H,4,6,8,10H2,1-2H3,(H,16,19). The first kappa shape index (κ1) is 13.9. The summed E-state index contributed by atoms with van der Waals surface area (Å²) in [7, 11) is 3.90. The molecule has 1 amide bonds. The van der Waals surface area contributed by atoms with Gasteiger partial charge < -0.3 is 15.3 Å². The minimum Gasteiger partial charge on any atom is -0.393 e. The molecule has 1 aromatic carbocycles. The van der Waals surface area contributed by atoms with E-state index in [4.69, 9.17) is 0 Å². The number of aliphatic hydroxyl groups excluding tert-OH is 1. The molecule has 2 rings (SSSR count). The Morgan fingerprint density at radius 1 is 1.42 bits per heavy atom. The Kier molecular flexibility index (Phi) is 4.43. The lowest BCUT2D eigenvalue weighted by atomic mass is 10.1. The van der Waals surface area contributed by atoms with E-state index in [9.17, 15) is 9.90 Å². The van der Waals surface area contributed by atoms with Crippen LogP contribution in [0, 0.1) is 5.92 Å². The van der Waals surface area contributed by atoms with E-state index in [-0.39, 0.29) is 17.9 Å². The molecule has 0 spiro atoms. The van der Waals surface area contributed by atoms with Gasteiger partial charge in [0, 0.05) is 37.8 Å². The Morgan fingerprint density at radius 3 is 2.84 bits per heavy atom. The molecule has 0 heterocycles. The maximum absolute atomic E-state index is 12.1. The average molecular weight is 262 g/mol. The summed E-state index contributed by atoms with van der Waals surface area (Å²) >= 11 is 0. The van der Waals surface area contributed by atoms with Gasteiger partial charge in [0.1, 0.15) is 0 Å². The third kappa shape index (κ3) is 3.47. The second kappa shape index (κ2) is 6.06. The number of hydrogen-bond donors (Lipinski definition) is 2. The summed E-state index contributed by atoms with van der Waals surface area (Å²) < 4.78 is 0. The summed E-state index contributed by atoms with van der Waals surface area (Å²) in [5.41, 5.74) is 1.67. The van der Waals surface area contributed by atoms with Crippen molar-refractivity contribution in [1.29, 1.82) is 0 Å². The van der Waals surface area contributed by atoms with E-state index in [0.717, 1.165) is 24.9 Å². The Morgan fingerprint density at radius 2 is 2.21 bits per heavy atom. The minimum absolute atomic E-state index is 0.0669. The average Bonchev–Trinajstić information content (AvgIpc) is 2.81. The third-order valence-corrected chi connectivity index (χ3v) is 3.77. The first-order valence-electron chi connectivity index (χ1n) is 6.81. The molecule has 4 nitrogen and oxygen atoms in total. The summed E-state index contributed by atoms with van der Waals surface area (Å²) in [5.74, 6) is 0.142. The Hall–Kier alpha value is -1.55. The summed E-state index contributed by atoms with van der Waals surface area (Å²) in [6, 6.07) is 7.54. The van der Waals surface area contributed by atoms with E-state index in [0.29, 0.717) is 12.1 Å². The molecule has 1 saturated carbocycles. The van der Waals surface area contributed by atoms with Crippen molar-refractivity contribution < 1.29 is 9.90 Å². The topological polar surface area (TPSA) is 52.6 Å². The molecule has 0 aromatic heterocycles. The third-order valence-electron chi connectivity index (χ3n) is 3.77. The number of hydrogen-bond acceptors (Lipinski definition) is 3. The highest BCUT2D eigenvalue weighted by atomic mass is 16.3. The van der Waals surface area contributed by atoms with Gasteiger partial charge >= 0.3 is 0 Å². The monoisotopic (exact) mass is 262 g/mol. The molecule has 2 atom stereocenters. The van der Waals surface area contributed by atoms with E-state index in [1.165, 1.54) is 0 Å². The van der Waals surface area contributed by atoms with Crippen LogP contribution in [0.3, 0.4) is 0 Å². The van der Waals surface area contributed by atoms with Gasteiger partial charge in [0.15, 0.2) is 0 Å². The zero-order valence-corrected chi connectivity index (χ0v) is 11.6. The van der Waals surface area contributed by atoms with Crippen molar-refractivity contribution in [3.63, 3.8) is 0 Å². The largest absolute Gasteiger partial charge is 0.393 e. The van der Waals surface area contributed by atoms with Gasteiger partial charge in [-0.25, -0.2) is 0 Å². The van der Waals surface area contributed by atoms with Crippen LogP contribution in [0.1, 0.15) is 29.6 Å². The number of anilines is 1. The summed E-state index contributed by atoms with van der Waals surface area (Å²) in [6.45, 7) is 0.562. The second-order valence-corrected chi connectivity index (χ2v) is 5.41. The molecule has 4 heteroatoms. The van der Waals surface area contributed by atoms with Crippen molar-refractivity contribution in [2.24, 2.45) is 5.92 Å². The summed E-state index contributed by atoms with van der Waals surface area (Å²) in [4.78, 5) is 14.0. The van der Waals surface area contributed by atoms with Crippen molar-refractivity contribution in [2.45, 2.75) is 25.4 Å². The van der Waals surface area contributed by atoms with Gasteiger partial charge in [0.05, 0.1) is 6.10 Å². The molecule has 2 N–H and O–H groups in total. The maximum atomic E-state index is 12.1. The van der Waals surface area contributed by atoms with Crippen molar-refractivity contribution in [3.8, 4) is 0 Å². The predicted octanol–water partition coefficient (Wildman–Crippen LogP) is 1.64. The van der Waals surface area contributed by atoms with Crippen LogP contribution >= 0.6 is 0 Å². The van der Waals surface area contributed by atoms with Crippen molar-refractivity contribution in [2.75, 3.05) is 25.5 Å². The summed E-state index contributed by atoms with van der Waals surface area (Å²) in [6.07, 6.45) is 2.65. The van der Waals surface area contributed by atoms with Crippen LogP contribution in [0.4, 0.5) is 5.69 Å². The van der Waals surface area contributed by atoms with E-state index in [2.05, 4.69) is 5.32 Å². The number of nitrogens with one attached hydrogen (secondary N) is 1. The molecule has 1 aliphatic rings. The minimum atomic E-state index is -0.256. The van der Waals surface area contributed by atoms with Crippen LogP contribution in [0.25, 0.3) is 0 Å². The van der Waals surface area contributed by atoms with Gasteiger partial charge in [0.25, 0.3) is 5.91 Å². The second-order valence-electron chi connectivity index (χ2n) is 5.41. The lowest BCUT2D eigenvalue weighted by Crippen LogP contribution is -2.32. The van der Waals surface area contributed by atoms with E-state index >= 15 is 0 Å². The number of amides is 1. The van der Waals surface area contributed by atoms with Gasteiger partial charge in [-0.2, -0.15) is 0 Å². The van der Waals surface area contributed by atoms with Gasteiger partial charge in [-0.05, 0) is 31.0 Å². The van der Waals surface area contributed by atoms with Gasteiger partial charge in [0.2, 0.25) is 0 Å². The molecule has 0 saturated heterocycles. The van der Waals surface area contributed by atoms with E-state index < -0.39 is 0 Å². The molecular formula is C15H22N2O2. The fraction of sp³-hybridized carbons (Fsp3) is 0.533. The lowest BCUT2D eigenvalue weighted by Gasteiger charge is -2.16. The van der Waals surface area contributed by atoms with Crippen LogP contribution in [0.5, 0.6) is 0 Å².